The summed E-state index contributed by atoms with van der Waals surface area (Å²) in [5.41, 5.74) is 0.819. The molecule has 34 heavy (non-hydrogen) atoms. The Hall–Kier alpha value is -3.11. The number of carbonyl (C=O) groups excluding carboxylic acids is 2. The molecular weight excluding hydrogens is 481 g/mol. The fraction of sp³-hybridized carbons (Fsp3) is 0.304. The number of benzene rings is 2. The fourth-order valence-corrected chi connectivity index (χ4v) is 4.06. The van der Waals surface area contributed by atoms with Gasteiger partial charge < -0.3 is 19.9 Å². The molecule has 0 unspecified atom stereocenters. The number of hydrogen-bond donors (Lipinski definition) is 2. The topological polar surface area (TPSA) is 98.1 Å². The van der Waals surface area contributed by atoms with E-state index in [4.69, 9.17) is 16.3 Å². The molecular formula is C23H25ClFN5O3S. The number of halogens is 2. The highest BCUT2D eigenvalue weighted by Crippen LogP contribution is 2.28. The number of ether oxygens (including phenoxy) is 1. The molecule has 1 heterocycles. The molecule has 3 aromatic rings. The minimum atomic E-state index is -0.436. The zero-order valence-corrected chi connectivity index (χ0v) is 20.7. The number of rotatable bonds is 9. The van der Waals surface area contributed by atoms with E-state index in [1.807, 2.05) is 13.8 Å². The lowest BCUT2D eigenvalue weighted by molar-refractivity contribution is -0.113. The molecule has 1 atom stereocenters. The predicted molar refractivity (Wildman–Crippen MR) is 130 cm³/mol. The van der Waals surface area contributed by atoms with E-state index in [2.05, 4.69) is 20.8 Å². The highest BCUT2D eigenvalue weighted by molar-refractivity contribution is 7.99. The van der Waals surface area contributed by atoms with Crippen LogP contribution in [0.15, 0.2) is 47.6 Å². The van der Waals surface area contributed by atoms with Crippen LogP contribution in [0.4, 0.5) is 10.1 Å². The van der Waals surface area contributed by atoms with Crippen molar-refractivity contribution in [2.24, 2.45) is 13.0 Å². The van der Waals surface area contributed by atoms with E-state index in [-0.39, 0.29) is 23.5 Å². The second kappa shape index (κ2) is 11.3. The van der Waals surface area contributed by atoms with Gasteiger partial charge in [0.15, 0.2) is 11.0 Å². The van der Waals surface area contributed by atoms with Crippen LogP contribution in [0.5, 0.6) is 5.75 Å². The van der Waals surface area contributed by atoms with Gasteiger partial charge in [-0.25, -0.2) is 4.39 Å². The standard InChI is InChI=1S/C23H25ClFN5O3S/c1-13(2)20(27-22(32)14-5-8-16(25)9-6-14)21-28-29-23(30(21)3)34-12-19(31)26-17-11-15(24)7-10-18(17)33-4/h5-11,13,20H,12H2,1-4H3,(H,26,31)(H,27,32)/t20-/m0/s1. The average molecular weight is 506 g/mol. The maximum absolute atomic E-state index is 13.2. The summed E-state index contributed by atoms with van der Waals surface area (Å²) in [5.74, 6) is 0.111. The summed E-state index contributed by atoms with van der Waals surface area (Å²) in [7, 11) is 3.28. The van der Waals surface area contributed by atoms with Gasteiger partial charge in [-0.1, -0.05) is 37.2 Å². The summed E-state index contributed by atoms with van der Waals surface area (Å²) in [6.45, 7) is 3.89. The molecule has 8 nitrogen and oxygen atoms in total. The molecule has 0 aliphatic carbocycles. The number of methoxy groups -OCH3 is 1. The lowest BCUT2D eigenvalue weighted by Gasteiger charge is -2.21. The van der Waals surface area contributed by atoms with Crippen molar-refractivity contribution in [2.75, 3.05) is 18.2 Å². The van der Waals surface area contributed by atoms with E-state index in [1.54, 1.807) is 29.8 Å². The van der Waals surface area contributed by atoms with Crippen LogP contribution in [0.2, 0.25) is 5.02 Å². The summed E-state index contributed by atoms with van der Waals surface area (Å²) in [6, 6.07) is 9.84. The lowest BCUT2D eigenvalue weighted by Crippen LogP contribution is -2.33. The highest BCUT2D eigenvalue weighted by atomic mass is 35.5. The van der Waals surface area contributed by atoms with Gasteiger partial charge in [0.05, 0.1) is 24.6 Å². The molecule has 0 saturated carbocycles. The molecule has 0 radical (unpaired) electrons. The third-order valence-electron chi connectivity index (χ3n) is 4.97. The Morgan fingerprint density at radius 2 is 1.88 bits per heavy atom. The zero-order chi connectivity index (χ0) is 24.8. The van der Waals surface area contributed by atoms with Crippen LogP contribution < -0.4 is 15.4 Å². The predicted octanol–water partition coefficient (Wildman–Crippen LogP) is 4.47. The number of amides is 2. The Kier molecular flexibility index (Phi) is 8.51. The van der Waals surface area contributed by atoms with Crippen molar-refractivity contribution in [3.8, 4) is 5.75 Å². The molecule has 2 amide bonds. The molecule has 180 valence electrons. The Morgan fingerprint density at radius 1 is 1.18 bits per heavy atom. The Labute approximate surface area is 206 Å². The second-order valence-corrected chi connectivity index (χ2v) is 9.16. The van der Waals surface area contributed by atoms with Crippen molar-refractivity contribution in [1.82, 2.24) is 20.1 Å². The summed E-state index contributed by atoms with van der Waals surface area (Å²) in [4.78, 5) is 25.1. The van der Waals surface area contributed by atoms with Crippen molar-refractivity contribution >= 4 is 40.9 Å². The zero-order valence-electron chi connectivity index (χ0n) is 19.1. The number of nitrogens with zero attached hydrogens (tertiary/aromatic N) is 3. The first kappa shape index (κ1) is 25.5. The first-order valence-electron chi connectivity index (χ1n) is 10.4. The van der Waals surface area contributed by atoms with Crippen LogP contribution >= 0.6 is 23.4 Å². The third-order valence-corrected chi connectivity index (χ3v) is 6.23. The van der Waals surface area contributed by atoms with Crippen molar-refractivity contribution in [3.05, 3.63) is 64.7 Å². The molecule has 0 fully saturated rings. The van der Waals surface area contributed by atoms with Crippen molar-refractivity contribution in [2.45, 2.75) is 25.0 Å². The first-order valence-corrected chi connectivity index (χ1v) is 11.8. The largest absolute Gasteiger partial charge is 0.495 e. The van der Waals surface area contributed by atoms with Gasteiger partial charge in [-0.2, -0.15) is 0 Å². The molecule has 3 rings (SSSR count). The number of anilines is 1. The minimum absolute atomic E-state index is 0.00346. The Balaban J connectivity index is 1.67. The van der Waals surface area contributed by atoms with Crippen LogP contribution in [0.25, 0.3) is 0 Å². The van der Waals surface area contributed by atoms with Crippen LogP contribution in [0.3, 0.4) is 0 Å². The number of thioether (sulfide) groups is 1. The quantitative estimate of drug-likeness (QED) is 0.416. The molecule has 2 N–H and O–H groups in total. The van der Waals surface area contributed by atoms with Gasteiger partial charge in [0.1, 0.15) is 11.6 Å². The van der Waals surface area contributed by atoms with Crippen molar-refractivity contribution < 1.29 is 18.7 Å². The molecule has 0 aliphatic heterocycles. The molecule has 0 aliphatic rings. The molecule has 0 saturated heterocycles. The van der Waals surface area contributed by atoms with Gasteiger partial charge in [0, 0.05) is 17.6 Å². The number of carbonyl (C=O) groups is 2. The van der Waals surface area contributed by atoms with Gasteiger partial charge in [-0.05, 0) is 48.4 Å². The number of nitrogens with one attached hydrogen (secondary N) is 2. The van der Waals surface area contributed by atoms with E-state index in [0.29, 0.717) is 33.0 Å². The van der Waals surface area contributed by atoms with Gasteiger partial charge in [-0.15, -0.1) is 10.2 Å². The summed E-state index contributed by atoms with van der Waals surface area (Å²) in [6.07, 6.45) is 0. The Bertz CT molecular complexity index is 1170. The van der Waals surface area contributed by atoms with Gasteiger partial charge >= 0.3 is 0 Å². The SMILES string of the molecule is COc1ccc(Cl)cc1NC(=O)CSc1nnc([C@@H](NC(=O)c2ccc(F)cc2)C(C)C)n1C. The molecule has 2 aromatic carbocycles. The summed E-state index contributed by atoms with van der Waals surface area (Å²) >= 11 is 7.22. The van der Waals surface area contributed by atoms with E-state index in [9.17, 15) is 14.0 Å². The first-order chi connectivity index (χ1) is 16.2. The summed E-state index contributed by atoms with van der Waals surface area (Å²) in [5, 5.41) is 15.1. The molecule has 11 heteroatoms. The monoisotopic (exact) mass is 505 g/mol. The van der Waals surface area contributed by atoms with Crippen LogP contribution in [-0.4, -0.2) is 39.4 Å². The normalized spacial score (nSPS) is 11.9. The maximum atomic E-state index is 13.2. The van der Waals surface area contributed by atoms with Crippen LogP contribution in [-0.2, 0) is 11.8 Å². The minimum Gasteiger partial charge on any atom is -0.495 e. The Morgan fingerprint density at radius 3 is 2.53 bits per heavy atom. The third kappa shape index (κ3) is 6.27. The highest BCUT2D eigenvalue weighted by Gasteiger charge is 2.25. The smallest absolute Gasteiger partial charge is 0.251 e. The van der Waals surface area contributed by atoms with E-state index in [1.165, 1.54) is 43.1 Å². The number of hydrogen-bond acceptors (Lipinski definition) is 6. The van der Waals surface area contributed by atoms with Crippen LogP contribution in [0, 0.1) is 11.7 Å². The van der Waals surface area contributed by atoms with Crippen molar-refractivity contribution in [1.29, 1.82) is 0 Å². The summed E-state index contributed by atoms with van der Waals surface area (Å²) < 4.78 is 20.2. The van der Waals surface area contributed by atoms with Gasteiger partial charge in [0.25, 0.3) is 5.91 Å². The van der Waals surface area contributed by atoms with E-state index < -0.39 is 11.9 Å². The molecule has 0 spiro atoms. The van der Waals surface area contributed by atoms with E-state index >= 15 is 0 Å². The van der Waals surface area contributed by atoms with Crippen LogP contribution in [0.1, 0.15) is 36.1 Å². The van der Waals surface area contributed by atoms with E-state index in [0.717, 1.165) is 0 Å². The van der Waals surface area contributed by atoms with Gasteiger partial charge in [-0.3, -0.25) is 9.59 Å². The maximum Gasteiger partial charge on any atom is 0.251 e. The second-order valence-electron chi connectivity index (χ2n) is 7.78. The molecule has 0 bridgehead atoms. The molecule has 1 aromatic heterocycles. The fourth-order valence-electron chi connectivity index (χ4n) is 3.17. The number of aromatic nitrogens is 3. The average Bonchev–Trinajstić information content (AvgIpc) is 3.16. The van der Waals surface area contributed by atoms with Gasteiger partial charge in [0.2, 0.25) is 5.91 Å². The lowest BCUT2D eigenvalue weighted by atomic mass is 10.0. The van der Waals surface area contributed by atoms with Crippen molar-refractivity contribution in [3.63, 3.8) is 0 Å².